The fraction of sp³-hybridized carbons (Fsp3) is 0.200. The Balaban J connectivity index is 2.00. The molecule has 104 valence electrons. The quantitative estimate of drug-likeness (QED) is 0.567. The van der Waals surface area contributed by atoms with Gasteiger partial charge in [0.05, 0.1) is 12.0 Å². The van der Waals surface area contributed by atoms with Gasteiger partial charge in [-0.1, -0.05) is 23.7 Å². The zero-order chi connectivity index (χ0) is 14.3. The number of alkyl halides is 1. The molecule has 0 spiro atoms. The number of fused-ring (bicyclic) bond motifs is 1. The van der Waals surface area contributed by atoms with Crippen molar-refractivity contribution in [3.63, 3.8) is 0 Å². The summed E-state index contributed by atoms with van der Waals surface area (Å²) in [5.74, 6) is -1.10. The van der Waals surface area contributed by atoms with Gasteiger partial charge in [-0.25, -0.2) is 8.78 Å². The molecule has 1 aliphatic heterocycles. The fourth-order valence-electron chi connectivity index (χ4n) is 2.28. The van der Waals surface area contributed by atoms with Crippen LogP contribution in [-0.4, -0.2) is 6.61 Å². The highest BCUT2D eigenvalue weighted by atomic mass is 35.5. The molecule has 0 amide bonds. The van der Waals surface area contributed by atoms with Crippen molar-refractivity contribution >= 4 is 23.2 Å². The summed E-state index contributed by atoms with van der Waals surface area (Å²) in [7, 11) is 0. The third-order valence-electron chi connectivity index (χ3n) is 3.32. The van der Waals surface area contributed by atoms with E-state index >= 15 is 0 Å². The van der Waals surface area contributed by atoms with Gasteiger partial charge in [0.25, 0.3) is 0 Å². The highest BCUT2D eigenvalue weighted by Gasteiger charge is 2.20. The molecule has 1 nitrogen and oxygen atoms in total. The second-order valence-corrected chi connectivity index (χ2v) is 5.46. The molecule has 0 aromatic heterocycles. The average Bonchev–Trinajstić information content (AvgIpc) is 2.89. The van der Waals surface area contributed by atoms with Gasteiger partial charge in [-0.15, -0.1) is 11.6 Å². The van der Waals surface area contributed by atoms with Crippen LogP contribution in [-0.2, 0) is 6.42 Å². The van der Waals surface area contributed by atoms with Crippen LogP contribution in [0.1, 0.15) is 22.1 Å². The van der Waals surface area contributed by atoms with E-state index in [4.69, 9.17) is 27.9 Å². The molecule has 0 saturated carbocycles. The van der Waals surface area contributed by atoms with Crippen LogP contribution in [0.4, 0.5) is 8.78 Å². The number of rotatable bonds is 2. The van der Waals surface area contributed by atoms with Crippen molar-refractivity contribution in [2.45, 2.75) is 11.8 Å². The molecular weight excluding hydrogens is 305 g/mol. The highest BCUT2D eigenvalue weighted by molar-refractivity contribution is 6.33. The molecule has 2 aromatic rings. The molecule has 5 heteroatoms. The summed E-state index contributed by atoms with van der Waals surface area (Å²) in [6.45, 7) is 0.650. The van der Waals surface area contributed by atoms with Gasteiger partial charge in [-0.05, 0) is 34.9 Å². The predicted octanol–water partition coefficient (Wildman–Crippen LogP) is 4.88. The van der Waals surface area contributed by atoms with Crippen LogP contribution in [0.25, 0.3) is 0 Å². The van der Waals surface area contributed by atoms with E-state index in [0.717, 1.165) is 35.4 Å². The Morgan fingerprint density at radius 2 is 1.85 bits per heavy atom. The molecule has 0 N–H and O–H groups in total. The van der Waals surface area contributed by atoms with Crippen molar-refractivity contribution in [3.05, 3.63) is 63.7 Å². The molecule has 0 aliphatic carbocycles. The number of halogens is 4. The molecular formula is C15H10Cl2F2O. The van der Waals surface area contributed by atoms with Crippen molar-refractivity contribution in [2.24, 2.45) is 0 Å². The first-order valence-corrected chi connectivity index (χ1v) is 6.92. The van der Waals surface area contributed by atoms with Crippen LogP contribution < -0.4 is 4.74 Å². The SMILES string of the molecule is Fc1cc(Cl)c(C(Cl)c2ccc3c(c2)CCO3)cc1F. The molecule has 1 unspecified atom stereocenters. The summed E-state index contributed by atoms with van der Waals surface area (Å²) in [6, 6.07) is 7.54. The van der Waals surface area contributed by atoms with E-state index in [-0.39, 0.29) is 5.02 Å². The Hall–Kier alpha value is -1.32. The molecule has 0 radical (unpaired) electrons. The van der Waals surface area contributed by atoms with Gasteiger partial charge in [-0.2, -0.15) is 0 Å². The van der Waals surface area contributed by atoms with E-state index in [2.05, 4.69) is 0 Å². The van der Waals surface area contributed by atoms with Crippen LogP contribution in [0.5, 0.6) is 5.75 Å². The van der Waals surface area contributed by atoms with E-state index < -0.39 is 17.0 Å². The topological polar surface area (TPSA) is 9.23 Å². The van der Waals surface area contributed by atoms with Crippen molar-refractivity contribution < 1.29 is 13.5 Å². The van der Waals surface area contributed by atoms with Crippen molar-refractivity contribution in [2.75, 3.05) is 6.61 Å². The van der Waals surface area contributed by atoms with Gasteiger partial charge < -0.3 is 4.74 Å². The maximum atomic E-state index is 13.3. The second-order valence-electron chi connectivity index (χ2n) is 4.62. The lowest BCUT2D eigenvalue weighted by Gasteiger charge is -2.13. The van der Waals surface area contributed by atoms with Crippen molar-refractivity contribution in [1.82, 2.24) is 0 Å². The lowest BCUT2D eigenvalue weighted by molar-refractivity contribution is 0.357. The zero-order valence-electron chi connectivity index (χ0n) is 10.3. The van der Waals surface area contributed by atoms with Crippen LogP contribution in [0.2, 0.25) is 5.02 Å². The van der Waals surface area contributed by atoms with Crippen LogP contribution in [0.3, 0.4) is 0 Å². The number of ether oxygens (including phenoxy) is 1. The molecule has 1 atom stereocenters. The van der Waals surface area contributed by atoms with E-state index in [1.165, 1.54) is 0 Å². The van der Waals surface area contributed by atoms with Crippen LogP contribution >= 0.6 is 23.2 Å². The molecule has 20 heavy (non-hydrogen) atoms. The minimum atomic E-state index is -0.982. The summed E-state index contributed by atoms with van der Waals surface area (Å²) < 4.78 is 31.8. The van der Waals surface area contributed by atoms with Gasteiger partial charge in [0.15, 0.2) is 11.6 Å². The average molecular weight is 315 g/mol. The maximum Gasteiger partial charge on any atom is 0.160 e. The number of benzene rings is 2. The number of hydrogen-bond donors (Lipinski definition) is 0. The Kier molecular flexibility index (Phi) is 3.57. The second kappa shape index (κ2) is 5.23. The minimum Gasteiger partial charge on any atom is -0.493 e. The summed E-state index contributed by atoms with van der Waals surface area (Å²) in [6.07, 6.45) is 0.818. The monoisotopic (exact) mass is 314 g/mol. The predicted molar refractivity (Wildman–Crippen MR) is 74.7 cm³/mol. The molecule has 0 saturated heterocycles. The first-order valence-electron chi connectivity index (χ1n) is 6.10. The standard InChI is InChI=1S/C15H10Cl2F2O/c16-11-7-13(19)12(18)6-10(11)15(17)9-1-2-14-8(5-9)3-4-20-14/h1-2,5-7,15H,3-4H2. The smallest absolute Gasteiger partial charge is 0.160 e. The largest absolute Gasteiger partial charge is 0.493 e. The Morgan fingerprint density at radius 3 is 2.65 bits per heavy atom. The van der Waals surface area contributed by atoms with Crippen LogP contribution in [0, 0.1) is 11.6 Å². The summed E-state index contributed by atoms with van der Waals surface area (Å²) in [5.41, 5.74) is 2.20. The summed E-state index contributed by atoms with van der Waals surface area (Å²) in [4.78, 5) is 0. The molecule has 2 aromatic carbocycles. The Morgan fingerprint density at radius 1 is 1.10 bits per heavy atom. The molecule has 1 aliphatic rings. The van der Waals surface area contributed by atoms with Crippen molar-refractivity contribution in [3.8, 4) is 5.75 Å². The van der Waals surface area contributed by atoms with Crippen molar-refractivity contribution in [1.29, 1.82) is 0 Å². The van der Waals surface area contributed by atoms with Crippen LogP contribution in [0.15, 0.2) is 30.3 Å². The first-order chi connectivity index (χ1) is 9.56. The van der Waals surface area contributed by atoms with Gasteiger partial charge in [0.1, 0.15) is 5.75 Å². The first kappa shape index (κ1) is 13.7. The van der Waals surface area contributed by atoms with E-state index in [1.807, 2.05) is 12.1 Å². The minimum absolute atomic E-state index is 0.112. The van der Waals surface area contributed by atoms with E-state index in [9.17, 15) is 8.78 Å². The number of hydrogen-bond acceptors (Lipinski definition) is 1. The van der Waals surface area contributed by atoms with E-state index in [1.54, 1.807) is 6.07 Å². The fourth-order valence-corrected chi connectivity index (χ4v) is 2.91. The lowest BCUT2D eigenvalue weighted by Crippen LogP contribution is -1.98. The summed E-state index contributed by atoms with van der Waals surface area (Å²) in [5, 5.41) is -0.524. The molecule has 1 heterocycles. The zero-order valence-corrected chi connectivity index (χ0v) is 11.8. The highest BCUT2D eigenvalue weighted by Crippen LogP contribution is 2.37. The molecule has 0 bridgehead atoms. The Labute approximate surface area is 125 Å². The maximum absolute atomic E-state index is 13.3. The summed E-state index contributed by atoms with van der Waals surface area (Å²) >= 11 is 12.3. The van der Waals surface area contributed by atoms with Gasteiger partial charge in [0.2, 0.25) is 0 Å². The third kappa shape index (κ3) is 2.36. The normalized spacial score (nSPS) is 14.8. The molecule has 0 fully saturated rings. The van der Waals surface area contributed by atoms with Gasteiger partial charge in [0, 0.05) is 11.4 Å². The van der Waals surface area contributed by atoms with Gasteiger partial charge >= 0.3 is 0 Å². The Bertz CT molecular complexity index is 673. The lowest BCUT2D eigenvalue weighted by atomic mass is 10.0. The van der Waals surface area contributed by atoms with Gasteiger partial charge in [-0.3, -0.25) is 0 Å². The third-order valence-corrected chi connectivity index (χ3v) is 4.13. The molecule has 3 rings (SSSR count). The van der Waals surface area contributed by atoms with E-state index in [0.29, 0.717) is 12.2 Å².